The van der Waals surface area contributed by atoms with Gasteiger partial charge < -0.3 is 20.3 Å². The second kappa shape index (κ2) is 12.9. The third-order valence-corrected chi connectivity index (χ3v) is 7.15. The van der Waals surface area contributed by atoms with Gasteiger partial charge in [-0.3, -0.25) is 9.59 Å². The number of carbonyl (C=O) groups excluding carboxylic acids is 3. The van der Waals surface area contributed by atoms with Crippen LogP contribution in [0.2, 0.25) is 5.02 Å². The van der Waals surface area contributed by atoms with Crippen molar-refractivity contribution in [3.8, 4) is 0 Å². The molecule has 3 amide bonds. The number of aryl methyl sites for hydroxylation is 1. The van der Waals surface area contributed by atoms with Crippen LogP contribution in [-0.4, -0.2) is 40.5 Å². The molecule has 40 heavy (non-hydrogen) atoms. The molecule has 1 saturated carbocycles. The van der Waals surface area contributed by atoms with Crippen molar-refractivity contribution < 1.29 is 19.1 Å². The van der Waals surface area contributed by atoms with Gasteiger partial charge in [0.25, 0.3) is 5.91 Å². The summed E-state index contributed by atoms with van der Waals surface area (Å²) < 4.78 is 5.48. The van der Waals surface area contributed by atoms with Crippen LogP contribution in [0, 0.1) is 18.8 Å². The van der Waals surface area contributed by atoms with Crippen molar-refractivity contribution in [2.24, 2.45) is 11.8 Å². The lowest BCUT2D eigenvalue weighted by Gasteiger charge is -2.35. The number of rotatable bonds is 10. The quantitative estimate of drug-likeness (QED) is 0.319. The van der Waals surface area contributed by atoms with Crippen LogP contribution in [0.3, 0.4) is 0 Å². The van der Waals surface area contributed by atoms with Gasteiger partial charge in [-0.25, -0.2) is 4.79 Å². The van der Waals surface area contributed by atoms with Gasteiger partial charge in [-0.1, -0.05) is 75.4 Å². The number of halogens is 1. The summed E-state index contributed by atoms with van der Waals surface area (Å²) >= 11 is 6.46. The summed E-state index contributed by atoms with van der Waals surface area (Å²) in [5, 5.41) is 6.20. The molecule has 0 bridgehead atoms. The van der Waals surface area contributed by atoms with E-state index in [1.165, 1.54) is 0 Å². The second-order valence-corrected chi connectivity index (χ2v) is 12.5. The number of alkyl carbamates (subject to hydrolysis) is 1. The first-order chi connectivity index (χ1) is 18.7. The molecule has 0 heterocycles. The van der Waals surface area contributed by atoms with Gasteiger partial charge in [0.1, 0.15) is 17.7 Å². The fourth-order valence-corrected chi connectivity index (χ4v) is 5.04. The van der Waals surface area contributed by atoms with Crippen LogP contribution in [0.25, 0.3) is 6.08 Å². The average Bonchev–Trinajstić information content (AvgIpc) is 3.58. The first kappa shape index (κ1) is 31.2. The zero-order valence-corrected chi connectivity index (χ0v) is 25.3. The molecule has 216 valence electrons. The minimum Gasteiger partial charge on any atom is -0.444 e. The number of hydrogen-bond donors (Lipinski definition) is 2. The first-order valence-corrected chi connectivity index (χ1v) is 14.2. The Morgan fingerprint density at radius 1 is 1.18 bits per heavy atom. The lowest BCUT2D eigenvalue weighted by atomic mass is 9.97. The van der Waals surface area contributed by atoms with Gasteiger partial charge in [-0.2, -0.15) is 0 Å². The maximum absolute atomic E-state index is 14.4. The monoisotopic (exact) mass is 567 g/mol. The zero-order chi connectivity index (χ0) is 29.8. The third kappa shape index (κ3) is 8.10. The van der Waals surface area contributed by atoms with E-state index in [0.717, 1.165) is 17.5 Å². The third-order valence-electron chi connectivity index (χ3n) is 6.83. The highest BCUT2D eigenvalue weighted by Crippen LogP contribution is 2.42. The number of hydrogen-bond acceptors (Lipinski definition) is 4. The van der Waals surface area contributed by atoms with Gasteiger partial charge in [0.15, 0.2) is 0 Å². The predicted molar refractivity (Wildman–Crippen MR) is 161 cm³/mol. The van der Waals surface area contributed by atoms with E-state index < -0.39 is 23.8 Å². The Hall–Kier alpha value is -3.32. The Balaban J connectivity index is 2.08. The molecule has 0 spiro atoms. The van der Waals surface area contributed by atoms with Gasteiger partial charge >= 0.3 is 6.09 Å². The van der Waals surface area contributed by atoms with Crippen LogP contribution in [0.5, 0.6) is 0 Å². The summed E-state index contributed by atoms with van der Waals surface area (Å²) in [6.45, 7) is 17.1. The van der Waals surface area contributed by atoms with Crippen molar-refractivity contribution in [3.05, 3.63) is 70.8 Å². The lowest BCUT2D eigenvalue weighted by Crippen LogP contribution is -2.53. The van der Waals surface area contributed by atoms with Gasteiger partial charge in [0.05, 0.1) is 10.7 Å². The Kier molecular flexibility index (Phi) is 10.1. The Labute approximate surface area is 243 Å². The van der Waals surface area contributed by atoms with Crippen LogP contribution < -0.4 is 10.6 Å². The summed E-state index contributed by atoms with van der Waals surface area (Å²) in [5.41, 5.74) is 2.06. The van der Waals surface area contributed by atoms with E-state index in [9.17, 15) is 14.4 Å². The van der Waals surface area contributed by atoms with Crippen LogP contribution in [0.1, 0.15) is 77.1 Å². The Morgan fingerprint density at radius 3 is 2.38 bits per heavy atom. The number of ether oxygens (including phenoxy) is 1. The lowest BCUT2D eigenvalue weighted by molar-refractivity contribution is -0.142. The normalized spacial score (nSPS) is 17.9. The number of amides is 3. The zero-order valence-electron chi connectivity index (χ0n) is 24.6. The smallest absolute Gasteiger partial charge is 0.408 e. The molecule has 0 saturated heterocycles. The Bertz CT molecular complexity index is 1230. The Morgan fingerprint density at radius 2 is 1.82 bits per heavy atom. The summed E-state index contributed by atoms with van der Waals surface area (Å²) in [4.78, 5) is 43.0. The maximum atomic E-state index is 14.4. The van der Waals surface area contributed by atoms with E-state index in [4.69, 9.17) is 16.3 Å². The molecular formula is C32H42ClN3O4. The molecule has 1 fully saturated rings. The van der Waals surface area contributed by atoms with Crippen molar-refractivity contribution in [3.63, 3.8) is 0 Å². The maximum Gasteiger partial charge on any atom is 0.408 e. The molecule has 1 aliphatic rings. The molecule has 4 unspecified atom stereocenters. The van der Waals surface area contributed by atoms with Gasteiger partial charge in [-0.05, 0) is 81.2 Å². The summed E-state index contributed by atoms with van der Waals surface area (Å²) in [7, 11) is 0. The fraction of sp³-hybridized carbons (Fsp3) is 0.469. The number of benzene rings is 2. The number of nitrogens with zero attached hydrogens (tertiary/aromatic N) is 1. The van der Waals surface area contributed by atoms with Gasteiger partial charge in [-0.15, -0.1) is 0 Å². The van der Waals surface area contributed by atoms with Crippen molar-refractivity contribution in [2.45, 2.75) is 85.0 Å². The summed E-state index contributed by atoms with van der Waals surface area (Å²) in [5.74, 6) is -0.408. The van der Waals surface area contributed by atoms with Crippen LogP contribution in [0.4, 0.5) is 10.5 Å². The highest BCUT2D eigenvalue weighted by atomic mass is 35.5. The number of anilines is 1. The van der Waals surface area contributed by atoms with Crippen LogP contribution >= 0.6 is 11.6 Å². The van der Waals surface area contributed by atoms with E-state index in [-0.39, 0.29) is 29.7 Å². The molecule has 7 nitrogen and oxygen atoms in total. The SMILES string of the molecule is C=Cc1cccc(C(C(=O)Nc2c(C)cccc2Cl)N(C(=O)C(CC(C)C)NC(=O)OC(C)(C)C)C2CC2C)c1. The van der Waals surface area contributed by atoms with Gasteiger partial charge in [0.2, 0.25) is 5.91 Å². The van der Waals surface area contributed by atoms with E-state index in [0.29, 0.717) is 22.7 Å². The van der Waals surface area contributed by atoms with Crippen LogP contribution in [-0.2, 0) is 14.3 Å². The molecular weight excluding hydrogens is 526 g/mol. The molecule has 1 aliphatic carbocycles. The van der Waals surface area contributed by atoms with E-state index in [1.807, 2.05) is 57.2 Å². The largest absolute Gasteiger partial charge is 0.444 e. The van der Waals surface area contributed by atoms with Crippen molar-refractivity contribution >= 4 is 41.3 Å². The highest BCUT2D eigenvalue weighted by Gasteiger charge is 2.48. The second-order valence-electron chi connectivity index (χ2n) is 12.1. The van der Waals surface area contributed by atoms with E-state index in [2.05, 4.69) is 24.1 Å². The first-order valence-electron chi connectivity index (χ1n) is 13.8. The topological polar surface area (TPSA) is 87.7 Å². The molecule has 2 N–H and O–H groups in total. The number of carbonyl (C=O) groups is 3. The summed E-state index contributed by atoms with van der Waals surface area (Å²) in [6.07, 6.45) is 2.17. The molecule has 0 radical (unpaired) electrons. The van der Waals surface area contributed by atoms with E-state index >= 15 is 0 Å². The van der Waals surface area contributed by atoms with Crippen LogP contribution in [0.15, 0.2) is 49.0 Å². The number of para-hydroxylation sites is 1. The van der Waals surface area contributed by atoms with E-state index in [1.54, 1.807) is 37.8 Å². The van der Waals surface area contributed by atoms with Crippen molar-refractivity contribution in [1.82, 2.24) is 10.2 Å². The minimum atomic E-state index is -0.965. The number of nitrogens with one attached hydrogen (secondary N) is 2. The van der Waals surface area contributed by atoms with Crippen molar-refractivity contribution in [1.29, 1.82) is 0 Å². The molecule has 2 aromatic rings. The molecule has 2 aromatic carbocycles. The van der Waals surface area contributed by atoms with Gasteiger partial charge in [0, 0.05) is 6.04 Å². The highest BCUT2D eigenvalue weighted by molar-refractivity contribution is 6.34. The average molecular weight is 568 g/mol. The summed E-state index contributed by atoms with van der Waals surface area (Å²) in [6, 6.07) is 10.8. The fourth-order valence-electron chi connectivity index (χ4n) is 4.77. The standard InChI is InChI=1S/C32H42ClN3O4/c1-9-22-13-11-14-23(18-22)28(29(37)35-27-20(4)12-10-15-24(27)33)36(26-17-21(26)5)30(38)25(16-19(2)3)34-31(39)40-32(6,7)8/h9-15,18-19,21,25-26,28H,1,16-17H2,2-8H3,(H,34,39)(H,35,37). The molecule has 0 aliphatic heterocycles. The molecule has 3 rings (SSSR count). The predicted octanol–water partition coefficient (Wildman–Crippen LogP) is 7.15. The molecule has 4 atom stereocenters. The van der Waals surface area contributed by atoms with Crippen molar-refractivity contribution in [2.75, 3.05) is 5.32 Å². The molecule has 8 heteroatoms. The minimum absolute atomic E-state index is 0.101. The molecule has 0 aromatic heterocycles.